The van der Waals surface area contributed by atoms with E-state index < -0.39 is 11.6 Å². The minimum Gasteiger partial charge on any atom is -0.493 e. The van der Waals surface area contributed by atoms with E-state index >= 15 is 0 Å². The van der Waals surface area contributed by atoms with Gasteiger partial charge in [0.2, 0.25) is 0 Å². The van der Waals surface area contributed by atoms with Gasteiger partial charge in [-0.2, -0.15) is 0 Å². The monoisotopic (exact) mass is 418 g/mol. The van der Waals surface area contributed by atoms with Crippen molar-refractivity contribution in [1.29, 1.82) is 0 Å². The average molecular weight is 418 g/mol. The van der Waals surface area contributed by atoms with E-state index in [1.807, 2.05) is 24.3 Å². The van der Waals surface area contributed by atoms with Crippen LogP contribution in [0, 0.1) is 0 Å². The third-order valence-corrected chi connectivity index (χ3v) is 5.98. The van der Waals surface area contributed by atoms with Crippen molar-refractivity contribution >= 4 is 5.97 Å². The maximum atomic E-state index is 12.4. The second-order valence-corrected chi connectivity index (χ2v) is 7.86. The van der Waals surface area contributed by atoms with Gasteiger partial charge in [-0.1, -0.05) is 24.3 Å². The molecule has 6 heteroatoms. The summed E-state index contributed by atoms with van der Waals surface area (Å²) in [5.41, 5.74) is 2.25. The van der Waals surface area contributed by atoms with Crippen LogP contribution >= 0.6 is 0 Å². The smallest absolute Gasteiger partial charge is 0.343 e. The number of ether oxygens (including phenoxy) is 4. The van der Waals surface area contributed by atoms with E-state index in [0.717, 1.165) is 16.7 Å². The number of fused-ring (bicyclic) bond motifs is 5. The van der Waals surface area contributed by atoms with Gasteiger partial charge in [0.25, 0.3) is 0 Å². The van der Waals surface area contributed by atoms with Crippen LogP contribution in [-0.4, -0.2) is 37.5 Å². The van der Waals surface area contributed by atoms with E-state index in [1.165, 1.54) is 0 Å². The first kappa shape index (κ1) is 19.5. The molecular weight excluding hydrogens is 396 g/mol. The fourth-order valence-corrected chi connectivity index (χ4v) is 4.56. The van der Waals surface area contributed by atoms with Crippen LogP contribution in [0.4, 0.5) is 0 Å². The van der Waals surface area contributed by atoms with E-state index in [-0.39, 0.29) is 12.5 Å². The molecule has 3 aromatic carbocycles. The van der Waals surface area contributed by atoms with Crippen LogP contribution in [0.5, 0.6) is 23.0 Å². The minimum atomic E-state index is -1.06. The molecule has 0 bridgehead atoms. The van der Waals surface area contributed by atoms with Crippen LogP contribution in [0.25, 0.3) is 0 Å². The fourth-order valence-electron chi connectivity index (χ4n) is 4.56. The number of carbonyl (C=O) groups is 1. The number of aliphatic hydroxyl groups is 1. The summed E-state index contributed by atoms with van der Waals surface area (Å²) < 4.78 is 22.3. The quantitative estimate of drug-likeness (QED) is 0.514. The zero-order chi connectivity index (χ0) is 21.6. The molecule has 0 spiro atoms. The zero-order valence-electron chi connectivity index (χ0n) is 17.3. The predicted octanol–water partition coefficient (Wildman–Crippen LogP) is 3.73. The normalized spacial score (nSPS) is 20.7. The number of methoxy groups -OCH3 is 2. The van der Waals surface area contributed by atoms with Gasteiger partial charge >= 0.3 is 5.97 Å². The van der Waals surface area contributed by atoms with Crippen molar-refractivity contribution in [3.8, 4) is 23.0 Å². The zero-order valence-corrected chi connectivity index (χ0v) is 17.3. The van der Waals surface area contributed by atoms with Gasteiger partial charge in [0, 0.05) is 24.0 Å². The van der Waals surface area contributed by atoms with Gasteiger partial charge < -0.3 is 24.1 Å². The lowest BCUT2D eigenvalue weighted by Gasteiger charge is -2.36. The van der Waals surface area contributed by atoms with E-state index in [4.69, 9.17) is 18.9 Å². The molecule has 0 amide bonds. The molecule has 158 valence electrons. The Bertz CT molecular complexity index is 1160. The van der Waals surface area contributed by atoms with E-state index in [9.17, 15) is 9.90 Å². The third kappa shape index (κ3) is 3.20. The SMILES string of the molecule is COc1cc2c(cc1OC)[C@@H]1c3ccc(OC(=O)c4ccccc4)cc3OC[C@]1(O)C2. The Hall–Kier alpha value is -3.51. The molecule has 0 fully saturated rings. The molecule has 5 rings (SSSR count). The van der Waals surface area contributed by atoms with Gasteiger partial charge in [0.1, 0.15) is 23.7 Å². The first-order valence-corrected chi connectivity index (χ1v) is 10.0. The highest BCUT2D eigenvalue weighted by Gasteiger charge is 2.50. The molecule has 0 saturated carbocycles. The lowest BCUT2D eigenvalue weighted by Crippen LogP contribution is -2.43. The Morgan fingerprint density at radius 2 is 1.74 bits per heavy atom. The molecule has 0 saturated heterocycles. The van der Waals surface area contributed by atoms with Gasteiger partial charge in [-0.05, 0) is 41.5 Å². The lowest BCUT2D eigenvalue weighted by molar-refractivity contribution is -0.0219. The predicted molar refractivity (Wildman–Crippen MR) is 113 cm³/mol. The molecule has 1 aliphatic heterocycles. The molecule has 1 aliphatic carbocycles. The summed E-state index contributed by atoms with van der Waals surface area (Å²) in [5, 5.41) is 11.4. The van der Waals surface area contributed by atoms with Gasteiger partial charge in [-0.25, -0.2) is 4.79 Å². The van der Waals surface area contributed by atoms with Crippen molar-refractivity contribution in [2.75, 3.05) is 20.8 Å². The molecule has 2 aliphatic rings. The fraction of sp³-hybridized carbons (Fsp3) is 0.240. The summed E-state index contributed by atoms with van der Waals surface area (Å²) in [7, 11) is 3.19. The molecule has 2 atom stereocenters. The number of hydrogen-bond acceptors (Lipinski definition) is 6. The Balaban J connectivity index is 1.50. The molecule has 6 nitrogen and oxygen atoms in total. The maximum Gasteiger partial charge on any atom is 0.343 e. The first-order chi connectivity index (χ1) is 15.0. The summed E-state index contributed by atoms with van der Waals surface area (Å²) >= 11 is 0. The van der Waals surface area contributed by atoms with E-state index in [2.05, 4.69) is 0 Å². The summed E-state index contributed by atoms with van der Waals surface area (Å²) in [6.07, 6.45) is 0.456. The van der Waals surface area contributed by atoms with E-state index in [1.54, 1.807) is 50.6 Å². The van der Waals surface area contributed by atoms with Gasteiger partial charge in [0.15, 0.2) is 11.5 Å². The van der Waals surface area contributed by atoms with Crippen LogP contribution in [0.1, 0.15) is 33.0 Å². The Morgan fingerprint density at radius 3 is 2.48 bits per heavy atom. The first-order valence-electron chi connectivity index (χ1n) is 10.0. The summed E-state index contributed by atoms with van der Waals surface area (Å²) in [6.45, 7) is 0.139. The van der Waals surface area contributed by atoms with Crippen LogP contribution in [0.3, 0.4) is 0 Å². The molecule has 0 unspecified atom stereocenters. The highest BCUT2D eigenvalue weighted by atomic mass is 16.5. The molecule has 31 heavy (non-hydrogen) atoms. The number of benzene rings is 3. The summed E-state index contributed by atoms with van der Waals surface area (Å²) in [5.74, 6) is 1.53. The molecule has 1 N–H and O–H groups in total. The number of esters is 1. The molecule has 1 heterocycles. The maximum absolute atomic E-state index is 12.4. The number of hydrogen-bond donors (Lipinski definition) is 1. The van der Waals surface area contributed by atoms with Crippen molar-refractivity contribution in [2.45, 2.75) is 17.9 Å². The molecule has 0 aromatic heterocycles. The van der Waals surface area contributed by atoms with Gasteiger partial charge in [0.05, 0.1) is 19.8 Å². The van der Waals surface area contributed by atoms with Gasteiger partial charge in [-0.15, -0.1) is 0 Å². The van der Waals surface area contributed by atoms with Crippen molar-refractivity contribution in [3.63, 3.8) is 0 Å². The topological polar surface area (TPSA) is 74.2 Å². The largest absolute Gasteiger partial charge is 0.493 e. The molecule has 3 aromatic rings. The van der Waals surface area contributed by atoms with Crippen LogP contribution in [0.2, 0.25) is 0 Å². The van der Waals surface area contributed by atoms with Crippen LogP contribution < -0.4 is 18.9 Å². The number of rotatable bonds is 4. The van der Waals surface area contributed by atoms with Gasteiger partial charge in [-0.3, -0.25) is 0 Å². The highest BCUT2D eigenvalue weighted by Crippen LogP contribution is 2.53. The van der Waals surface area contributed by atoms with E-state index in [0.29, 0.717) is 35.0 Å². The molecule has 0 radical (unpaired) electrons. The standard InChI is InChI=1S/C25H22O6/c1-28-21-10-16-13-25(27)14-30-20-11-17(31-24(26)15-6-4-3-5-7-15)8-9-18(20)23(25)19(16)12-22(21)29-2/h3-12,23,27H,13-14H2,1-2H3/t23-,25+/m0/s1. The van der Waals surface area contributed by atoms with Crippen molar-refractivity contribution in [2.24, 2.45) is 0 Å². The number of carbonyl (C=O) groups excluding carboxylic acids is 1. The third-order valence-electron chi connectivity index (χ3n) is 5.98. The second kappa shape index (κ2) is 7.32. The second-order valence-electron chi connectivity index (χ2n) is 7.86. The Morgan fingerprint density at radius 1 is 1.00 bits per heavy atom. The van der Waals surface area contributed by atoms with Crippen molar-refractivity contribution in [3.05, 3.63) is 82.9 Å². The molecular formula is C25H22O6. The Kier molecular flexibility index (Phi) is 4.59. The average Bonchev–Trinajstić information content (AvgIpc) is 3.10. The summed E-state index contributed by atoms with van der Waals surface area (Å²) in [6, 6.07) is 17.9. The Labute approximate surface area is 179 Å². The van der Waals surface area contributed by atoms with Crippen LogP contribution in [-0.2, 0) is 6.42 Å². The van der Waals surface area contributed by atoms with Crippen molar-refractivity contribution in [1.82, 2.24) is 0 Å². The van der Waals surface area contributed by atoms with Crippen LogP contribution in [0.15, 0.2) is 60.7 Å². The lowest BCUT2D eigenvalue weighted by atomic mass is 9.80. The minimum absolute atomic E-state index is 0.139. The van der Waals surface area contributed by atoms with Crippen molar-refractivity contribution < 1.29 is 28.8 Å². The summed E-state index contributed by atoms with van der Waals surface area (Å²) in [4.78, 5) is 12.4. The highest BCUT2D eigenvalue weighted by molar-refractivity contribution is 5.91.